The highest BCUT2D eigenvalue weighted by molar-refractivity contribution is 5.91. The van der Waals surface area contributed by atoms with Crippen LogP contribution in [0, 0.1) is 10.1 Å². The van der Waals surface area contributed by atoms with Gasteiger partial charge in [0.15, 0.2) is 11.5 Å². The molecule has 0 saturated heterocycles. The molecule has 0 aliphatic rings. The molecule has 1 aromatic carbocycles. The number of benzene rings is 1. The van der Waals surface area contributed by atoms with Gasteiger partial charge in [0.25, 0.3) is 0 Å². The number of nitrogens with zero attached hydrogens (tertiary/aromatic N) is 1. The lowest BCUT2D eigenvalue weighted by Gasteiger charge is -2.00. The first-order valence-corrected chi connectivity index (χ1v) is 6.70. The van der Waals surface area contributed by atoms with Crippen molar-refractivity contribution in [3.63, 3.8) is 0 Å². The van der Waals surface area contributed by atoms with Crippen molar-refractivity contribution in [2.24, 2.45) is 0 Å². The van der Waals surface area contributed by atoms with Crippen molar-refractivity contribution in [2.75, 3.05) is 0 Å². The molecule has 0 amide bonds. The summed E-state index contributed by atoms with van der Waals surface area (Å²) in [6, 6.07) is 4.00. The Labute approximate surface area is 118 Å². The maximum absolute atomic E-state index is 11.7. The Morgan fingerprint density at radius 2 is 2.15 bits per heavy atom. The minimum atomic E-state index is -0.663. The third kappa shape index (κ3) is 5.22. The molecule has 1 aromatic rings. The smallest absolute Gasteiger partial charge is 0.310 e. The molecule has 20 heavy (non-hydrogen) atoms. The van der Waals surface area contributed by atoms with Crippen LogP contribution < -0.4 is 0 Å². The average Bonchev–Trinajstić information content (AvgIpc) is 2.40. The van der Waals surface area contributed by atoms with Crippen LogP contribution in [0.1, 0.15) is 38.2 Å². The number of rotatable bonds is 8. The second kappa shape index (κ2) is 8.09. The van der Waals surface area contributed by atoms with Crippen LogP contribution in [0.15, 0.2) is 30.4 Å². The molecule has 5 heteroatoms. The van der Waals surface area contributed by atoms with E-state index in [2.05, 4.69) is 6.92 Å². The molecule has 1 rings (SSSR count). The summed E-state index contributed by atoms with van der Waals surface area (Å²) in [5.41, 5.74) is 0.153. The van der Waals surface area contributed by atoms with E-state index in [0.717, 1.165) is 25.7 Å². The number of nitro benzene ring substituents is 1. The molecule has 0 fully saturated rings. The predicted octanol–water partition coefficient (Wildman–Crippen LogP) is 3.55. The highest BCUT2D eigenvalue weighted by Gasteiger charge is 2.14. The molecule has 0 spiro atoms. The van der Waals surface area contributed by atoms with E-state index in [4.69, 9.17) is 0 Å². The zero-order valence-electron chi connectivity index (χ0n) is 11.5. The van der Waals surface area contributed by atoms with Gasteiger partial charge in [-0.05, 0) is 30.5 Å². The maximum Gasteiger partial charge on any atom is 0.310 e. The molecular formula is C15H19NO4. The van der Waals surface area contributed by atoms with Crippen LogP contribution in [-0.4, -0.2) is 15.8 Å². The lowest BCUT2D eigenvalue weighted by atomic mass is 10.1. The Kier molecular flexibility index (Phi) is 6.43. The van der Waals surface area contributed by atoms with Crippen LogP contribution in [0.4, 0.5) is 5.69 Å². The van der Waals surface area contributed by atoms with Crippen LogP contribution in [0.3, 0.4) is 0 Å². The predicted molar refractivity (Wildman–Crippen MR) is 76.8 cm³/mol. The zero-order chi connectivity index (χ0) is 15.0. The number of phenolic OH excluding ortho intramolecular Hbond substituents is 1. The van der Waals surface area contributed by atoms with Crippen LogP contribution in [0.5, 0.6) is 5.75 Å². The van der Waals surface area contributed by atoms with Gasteiger partial charge < -0.3 is 5.11 Å². The molecule has 0 aromatic heterocycles. The lowest BCUT2D eigenvalue weighted by Crippen LogP contribution is -1.99. The van der Waals surface area contributed by atoms with Gasteiger partial charge in [-0.25, -0.2) is 0 Å². The number of carbonyl (C=O) groups is 1. The number of hydrogen-bond acceptors (Lipinski definition) is 4. The third-order valence-corrected chi connectivity index (χ3v) is 2.89. The zero-order valence-corrected chi connectivity index (χ0v) is 11.5. The molecular weight excluding hydrogens is 258 g/mol. The number of allylic oxidation sites excluding steroid dienone is 2. The number of phenols is 1. The minimum Gasteiger partial charge on any atom is -0.502 e. The number of unbranched alkanes of at least 4 members (excludes halogenated alkanes) is 3. The van der Waals surface area contributed by atoms with Crippen LogP contribution in [0.2, 0.25) is 0 Å². The van der Waals surface area contributed by atoms with Gasteiger partial charge >= 0.3 is 5.69 Å². The number of carbonyl (C=O) groups excluding carboxylic acids is 1. The largest absolute Gasteiger partial charge is 0.502 e. The van der Waals surface area contributed by atoms with Crippen molar-refractivity contribution in [2.45, 2.75) is 39.0 Å². The summed E-state index contributed by atoms with van der Waals surface area (Å²) in [4.78, 5) is 21.7. The third-order valence-electron chi connectivity index (χ3n) is 2.89. The average molecular weight is 277 g/mol. The normalized spacial score (nSPS) is 10.8. The molecule has 0 aliphatic heterocycles. The molecule has 0 aliphatic carbocycles. The van der Waals surface area contributed by atoms with Crippen LogP contribution >= 0.6 is 0 Å². The lowest BCUT2D eigenvalue weighted by molar-refractivity contribution is -0.385. The quantitative estimate of drug-likeness (QED) is 0.341. The molecule has 0 unspecified atom stereocenters. The second-order valence-corrected chi connectivity index (χ2v) is 4.62. The van der Waals surface area contributed by atoms with E-state index in [1.165, 1.54) is 24.3 Å². The maximum atomic E-state index is 11.7. The Hall–Kier alpha value is -2.17. The standard InChI is InChI=1S/C15H19NO4/c1-2-3-4-5-6-7-13(17)10-12-8-9-15(18)14(11-12)16(19)20/h6-9,11,18H,2-5,10H2,1H3. The van der Waals surface area contributed by atoms with E-state index in [1.54, 1.807) is 0 Å². The van der Waals surface area contributed by atoms with Crippen molar-refractivity contribution in [3.05, 3.63) is 46.0 Å². The minimum absolute atomic E-state index is 0.0958. The summed E-state index contributed by atoms with van der Waals surface area (Å²) in [7, 11) is 0. The highest BCUT2D eigenvalue weighted by atomic mass is 16.6. The molecule has 0 bridgehead atoms. The van der Waals surface area contributed by atoms with E-state index < -0.39 is 4.92 Å². The summed E-state index contributed by atoms with van der Waals surface area (Å²) in [5.74, 6) is -0.484. The van der Waals surface area contributed by atoms with Crippen molar-refractivity contribution in [1.29, 1.82) is 0 Å². The fraction of sp³-hybridized carbons (Fsp3) is 0.400. The van der Waals surface area contributed by atoms with Gasteiger partial charge in [-0.2, -0.15) is 0 Å². The summed E-state index contributed by atoms with van der Waals surface area (Å²) < 4.78 is 0. The van der Waals surface area contributed by atoms with Gasteiger partial charge in [0.2, 0.25) is 0 Å². The van der Waals surface area contributed by atoms with Crippen molar-refractivity contribution in [1.82, 2.24) is 0 Å². The second-order valence-electron chi connectivity index (χ2n) is 4.62. The topological polar surface area (TPSA) is 80.4 Å². The van der Waals surface area contributed by atoms with Gasteiger partial charge in [0.1, 0.15) is 0 Å². The van der Waals surface area contributed by atoms with E-state index >= 15 is 0 Å². The molecule has 5 nitrogen and oxygen atoms in total. The van der Waals surface area contributed by atoms with Crippen molar-refractivity contribution < 1.29 is 14.8 Å². The Balaban J connectivity index is 2.58. The molecule has 1 N–H and O–H groups in total. The highest BCUT2D eigenvalue weighted by Crippen LogP contribution is 2.26. The van der Waals surface area contributed by atoms with E-state index in [1.807, 2.05) is 6.08 Å². The first-order valence-electron chi connectivity index (χ1n) is 6.70. The summed E-state index contributed by atoms with van der Waals surface area (Å²) >= 11 is 0. The van der Waals surface area contributed by atoms with Crippen LogP contribution in [0.25, 0.3) is 0 Å². The van der Waals surface area contributed by atoms with Crippen LogP contribution in [-0.2, 0) is 11.2 Å². The van der Waals surface area contributed by atoms with Gasteiger partial charge in [-0.1, -0.05) is 31.9 Å². The molecule has 0 radical (unpaired) electrons. The molecule has 108 valence electrons. The SMILES string of the molecule is CCCCCC=CC(=O)Cc1ccc(O)c([N+](=O)[O-])c1. The van der Waals surface area contributed by atoms with Crippen molar-refractivity contribution in [3.8, 4) is 5.75 Å². The Morgan fingerprint density at radius 1 is 1.40 bits per heavy atom. The molecule has 0 saturated carbocycles. The number of hydrogen-bond donors (Lipinski definition) is 1. The number of aromatic hydroxyl groups is 1. The Morgan fingerprint density at radius 3 is 2.80 bits per heavy atom. The summed E-state index contributed by atoms with van der Waals surface area (Å²) in [6.45, 7) is 2.12. The fourth-order valence-electron chi connectivity index (χ4n) is 1.81. The number of ketones is 1. The fourth-order valence-corrected chi connectivity index (χ4v) is 1.81. The molecule has 0 atom stereocenters. The van der Waals surface area contributed by atoms with Gasteiger partial charge in [0, 0.05) is 12.5 Å². The van der Waals surface area contributed by atoms with Gasteiger partial charge in [-0.15, -0.1) is 0 Å². The van der Waals surface area contributed by atoms with E-state index in [-0.39, 0.29) is 23.6 Å². The van der Waals surface area contributed by atoms with Gasteiger partial charge in [-0.3, -0.25) is 14.9 Å². The first kappa shape index (κ1) is 15.9. The van der Waals surface area contributed by atoms with Crippen molar-refractivity contribution >= 4 is 11.5 Å². The first-order chi connectivity index (χ1) is 9.54. The Bertz CT molecular complexity index is 509. The monoisotopic (exact) mass is 277 g/mol. The summed E-state index contributed by atoms with van der Waals surface area (Å²) in [6.07, 6.45) is 7.68. The van der Waals surface area contributed by atoms with E-state index in [9.17, 15) is 20.0 Å². The summed E-state index contributed by atoms with van der Waals surface area (Å²) in [5, 5.41) is 20.0. The van der Waals surface area contributed by atoms with Gasteiger partial charge in [0.05, 0.1) is 4.92 Å². The number of nitro groups is 1. The molecule has 0 heterocycles. The van der Waals surface area contributed by atoms with E-state index in [0.29, 0.717) is 5.56 Å².